The summed E-state index contributed by atoms with van der Waals surface area (Å²) in [6, 6.07) is 15.5. The molecule has 0 saturated carbocycles. The molecule has 3 heteroatoms. The van der Waals surface area contributed by atoms with Gasteiger partial charge in [0.15, 0.2) is 11.5 Å². The molecule has 94 valence electrons. The molecule has 0 unspecified atom stereocenters. The molecular formula is C15H17NO2. The standard InChI is InChI=1S/C15H17NO2/c1-17-14-8-7-12(9-10-16)11-15(14)18-13-5-3-2-4-6-13/h2-8,11H,9-10,16H2,1H3. The minimum Gasteiger partial charge on any atom is -0.493 e. The van der Waals surface area contributed by atoms with Gasteiger partial charge < -0.3 is 15.2 Å². The summed E-state index contributed by atoms with van der Waals surface area (Å²) in [6.45, 7) is 0.622. The van der Waals surface area contributed by atoms with E-state index in [0.29, 0.717) is 6.54 Å². The zero-order valence-corrected chi connectivity index (χ0v) is 10.4. The summed E-state index contributed by atoms with van der Waals surface area (Å²) >= 11 is 0. The highest BCUT2D eigenvalue weighted by atomic mass is 16.5. The average molecular weight is 243 g/mol. The fourth-order valence-corrected chi connectivity index (χ4v) is 1.74. The van der Waals surface area contributed by atoms with Gasteiger partial charge in [0.25, 0.3) is 0 Å². The van der Waals surface area contributed by atoms with Gasteiger partial charge in [0.2, 0.25) is 0 Å². The van der Waals surface area contributed by atoms with Crippen LogP contribution in [0.4, 0.5) is 0 Å². The van der Waals surface area contributed by atoms with Gasteiger partial charge >= 0.3 is 0 Å². The van der Waals surface area contributed by atoms with E-state index >= 15 is 0 Å². The number of benzene rings is 2. The molecule has 2 N–H and O–H groups in total. The number of rotatable bonds is 5. The first-order valence-electron chi connectivity index (χ1n) is 5.93. The van der Waals surface area contributed by atoms with Crippen LogP contribution in [0.15, 0.2) is 48.5 Å². The Bertz CT molecular complexity index is 497. The van der Waals surface area contributed by atoms with Crippen molar-refractivity contribution in [1.82, 2.24) is 0 Å². The van der Waals surface area contributed by atoms with Crippen LogP contribution in [0.2, 0.25) is 0 Å². The molecule has 2 aromatic carbocycles. The van der Waals surface area contributed by atoms with Crippen LogP contribution < -0.4 is 15.2 Å². The van der Waals surface area contributed by atoms with Crippen LogP contribution in [0.3, 0.4) is 0 Å². The molecule has 0 bridgehead atoms. The third-order valence-electron chi connectivity index (χ3n) is 2.63. The maximum atomic E-state index is 5.82. The summed E-state index contributed by atoms with van der Waals surface area (Å²) in [4.78, 5) is 0. The first kappa shape index (κ1) is 12.5. The van der Waals surface area contributed by atoms with E-state index < -0.39 is 0 Å². The molecule has 0 aliphatic rings. The molecule has 0 aliphatic heterocycles. The second-order valence-electron chi connectivity index (χ2n) is 3.94. The van der Waals surface area contributed by atoms with E-state index in [0.717, 1.165) is 29.2 Å². The second-order valence-corrected chi connectivity index (χ2v) is 3.94. The van der Waals surface area contributed by atoms with E-state index in [4.69, 9.17) is 15.2 Å². The van der Waals surface area contributed by atoms with Crippen molar-refractivity contribution in [1.29, 1.82) is 0 Å². The second kappa shape index (κ2) is 6.07. The minimum atomic E-state index is 0.622. The van der Waals surface area contributed by atoms with Crippen molar-refractivity contribution in [3.05, 3.63) is 54.1 Å². The number of nitrogens with two attached hydrogens (primary N) is 1. The van der Waals surface area contributed by atoms with Crippen molar-refractivity contribution in [2.45, 2.75) is 6.42 Å². The minimum absolute atomic E-state index is 0.622. The molecule has 0 amide bonds. The summed E-state index contributed by atoms with van der Waals surface area (Å²) < 4.78 is 11.1. The zero-order chi connectivity index (χ0) is 12.8. The van der Waals surface area contributed by atoms with Crippen molar-refractivity contribution in [3.8, 4) is 17.2 Å². The number of ether oxygens (including phenoxy) is 2. The van der Waals surface area contributed by atoms with E-state index in [2.05, 4.69) is 0 Å². The summed E-state index contributed by atoms with van der Waals surface area (Å²) in [6.07, 6.45) is 0.829. The highest BCUT2D eigenvalue weighted by molar-refractivity contribution is 5.45. The van der Waals surface area contributed by atoms with E-state index in [-0.39, 0.29) is 0 Å². The van der Waals surface area contributed by atoms with E-state index in [9.17, 15) is 0 Å². The number of hydrogen-bond acceptors (Lipinski definition) is 3. The molecule has 0 atom stereocenters. The molecule has 0 spiro atoms. The molecule has 0 heterocycles. The van der Waals surface area contributed by atoms with Crippen LogP contribution in [-0.2, 0) is 6.42 Å². The highest BCUT2D eigenvalue weighted by Gasteiger charge is 2.06. The Morgan fingerprint density at radius 3 is 2.44 bits per heavy atom. The van der Waals surface area contributed by atoms with E-state index in [1.54, 1.807) is 7.11 Å². The monoisotopic (exact) mass is 243 g/mol. The molecule has 0 saturated heterocycles. The van der Waals surface area contributed by atoms with Crippen molar-refractivity contribution >= 4 is 0 Å². The molecule has 0 fully saturated rings. The maximum Gasteiger partial charge on any atom is 0.169 e. The highest BCUT2D eigenvalue weighted by Crippen LogP contribution is 2.32. The van der Waals surface area contributed by atoms with Crippen LogP contribution in [0, 0.1) is 0 Å². The van der Waals surface area contributed by atoms with Gasteiger partial charge in [0.1, 0.15) is 5.75 Å². The maximum absolute atomic E-state index is 5.82. The topological polar surface area (TPSA) is 44.5 Å². The quantitative estimate of drug-likeness (QED) is 0.878. The first-order chi connectivity index (χ1) is 8.83. The Hall–Kier alpha value is -2.00. The van der Waals surface area contributed by atoms with Crippen LogP contribution in [0.25, 0.3) is 0 Å². The molecule has 0 aromatic heterocycles. The molecule has 2 rings (SSSR count). The SMILES string of the molecule is COc1ccc(CCN)cc1Oc1ccccc1. The average Bonchev–Trinajstić information content (AvgIpc) is 2.41. The van der Waals surface area contributed by atoms with Crippen LogP contribution >= 0.6 is 0 Å². The molecule has 0 radical (unpaired) electrons. The predicted octanol–water partition coefficient (Wildman–Crippen LogP) is 2.99. The van der Waals surface area contributed by atoms with Gasteiger partial charge in [-0.15, -0.1) is 0 Å². The number of hydrogen-bond donors (Lipinski definition) is 1. The summed E-state index contributed by atoms with van der Waals surface area (Å²) in [5, 5.41) is 0. The van der Waals surface area contributed by atoms with Gasteiger partial charge in [-0.2, -0.15) is 0 Å². The predicted molar refractivity (Wildman–Crippen MR) is 72.3 cm³/mol. The lowest BCUT2D eigenvalue weighted by molar-refractivity contribution is 0.378. The van der Waals surface area contributed by atoms with Crippen molar-refractivity contribution in [3.63, 3.8) is 0 Å². The van der Waals surface area contributed by atoms with Crippen molar-refractivity contribution in [2.24, 2.45) is 5.73 Å². The molecule has 0 aliphatic carbocycles. The number of para-hydroxylation sites is 1. The van der Waals surface area contributed by atoms with Crippen LogP contribution in [0.5, 0.6) is 17.2 Å². The molecule has 2 aromatic rings. The Balaban J connectivity index is 2.26. The normalized spacial score (nSPS) is 10.1. The Morgan fingerprint density at radius 2 is 1.78 bits per heavy atom. The van der Waals surface area contributed by atoms with Crippen molar-refractivity contribution in [2.75, 3.05) is 13.7 Å². The van der Waals surface area contributed by atoms with E-state index in [1.807, 2.05) is 48.5 Å². The largest absolute Gasteiger partial charge is 0.493 e. The van der Waals surface area contributed by atoms with Gasteiger partial charge in [0.05, 0.1) is 7.11 Å². The molecule has 3 nitrogen and oxygen atoms in total. The van der Waals surface area contributed by atoms with Gasteiger partial charge in [-0.25, -0.2) is 0 Å². The van der Waals surface area contributed by atoms with Gasteiger partial charge in [-0.3, -0.25) is 0 Å². The fourth-order valence-electron chi connectivity index (χ4n) is 1.74. The lowest BCUT2D eigenvalue weighted by Crippen LogP contribution is -2.03. The Labute approximate surface area is 107 Å². The molecule has 18 heavy (non-hydrogen) atoms. The van der Waals surface area contributed by atoms with Gasteiger partial charge in [0, 0.05) is 0 Å². The fraction of sp³-hybridized carbons (Fsp3) is 0.200. The third-order valence-corrected chi connectivity index (χ3v) is 2.63. The summed E-state index contributed by atoms with van der Waals surface area (Å²) in [5.41, 5.74) is 6.70. The van der Waals surface area contributed by atoms with Crippen LogP contribution in [0.1, 0.15) is 5.56 Å². The van der Waals surface area contributed by atoms with Gasteiger partial charge in [-0.1, -0.05) is 24.3 Å². The third kappa shape index (κ3) is 3.02. The Morgan fingerprint density at radius 1 is 1.00 bits per heavy atom. The molecular weight excluding hydrogens is 226 g/mol. The van der Waals surface area contributed by atoms with Gasteiger partial charge in [-0.05, 0) is 42.8 Å². The first-order valence-corrected chi connectivity index (χ1v) is 5.93. The summed E-state index contributed by atoms with van der Waals surface area (Å²) in [7, 11) is 1.63. The lowest BCUT2D eigenvalue weighted by Gasteiger charge is -2.11. The van der Waals surface area contributed by atoms with Crippen molar-refractivity contribution < 1.29 is 9.47 Å². The van der Waals surface area contributed by atoms with Crippen LogP contribution in [-0.4, -0.2) is 13.7 Å². The smallest absolute Gasteiger partial charge is 0.169 e. The summed E-state index contributed by atoms with van der Waals surface area (Å²) in [5.74, 6) is 2.23. The zero-order valence-electron chi connectivity index (χ0n) is 10.4. The van der Waals surface area contributed by atoms with E-state index in [1.165, 1.54) is 0 Å². The lowest BCUT2D eigenvalue weighted by atomic mass is 10.1. The number of methoxy groups -OCH3 is 1. The Kier molecular flexibility index (Phi) is 4.20.